The number of ether oxygens (including phenoxy) is 4. The second kappa shape index (κ2) is 11.4. The van der Waals surface area contributed by atoms with E-state index in [0.29, 0.717) is 19.6 Å². The number of likely N-dealkylation sites (tertiary alicyclic amines) is 1. The van der Waals surface area contributed by atoms with Gasteiger partial charge in [-0.15, -0.1) is 0 Å². The zero-order valence-electron chi connectivity index (χ0n) is 21.3. The Morgan fingerprint density at radius 3 is 2.51 bits per heavy atom. The van der Waals surface area contributed by atoms with Crippen LogP contribution in [0.1, 0.15) is 48.9 Å². The fourth-order valence-electron chi connectivity index (χ4n) is 5.69. The number of amides is 1. The molecule has 0 unspecified atom stereocenters. The number of nitrogens with zero attached hydrogens (tertiary/aromatic N) is 1. The molecule has 7 heteroatoms. The first-order chi connectivity index (χ1) is 17.1. The Labute approximate surface area is 208 Å². The molecule has 0 radical (unpaired) electrons. The Kier molecular flexibility index (Phi) is 8.31. The van der Waals surface area contributed by atoms with Crippen molar-refractivity contribution in [1.82, 2.24) is 10.2 Å². The van der Waals surface area contributed by atoms with Crippen LogP contribution in [0.25, 0.3) is 0 Å². The third kappa shape index (κ3) is 5.17. The Hall–Kier alpha value is -2.61. The highest BCUT2D eigenvalue weighted by Crippen LogP contribution is 2.52. The lowest BCUT2D eigenvalue weighted by atomic mass is 9.71. The number of carbonyl (C=O) groups is 1. The Balaban J connectivity index is 1.57. The van der Waals surface area contributed by atoms with Crippen LogP contribution in [0.2, 0.25) is 0 Å². The summed E-state index contributed by atoms with van der Waals surface area (Å²) in [4.78, 5) is 14.9. The number of fused-ring (bicyclic) bond motifs is 2. The molecule has 1 fully saturated rings. The summed E-state index contributed by atoms with van der Waals surface area (Å²) in [6.07, 6.45) is 2.24. The molecule has 35 heavy (non-hydrogen) atoms. The zero-order chi connectivity index (χ0) is 24.8. The van der Waals surface area contributed by atoms with Crippen molar-refractivity contribution in [2.24, 2.45) is 0 Å². The van der Waals surface area contributed by atoms with Gasteiger partial charge in [-0.2, -0.15) is 0 Å². The third-order valence-corrected chi connectivity index (χ3v) is 7.54. The van der Waals surface area contributed by atoms with Gasteiger partial charge in [-0.3, -0.25) is 9.69 Å². The number of piperidine rings is 1. The summed E-state index contributed by atoms with van der Waals surface area (Å²) in [5.74, 6) is 1.69. The molecule has 190 valence electrons. The van der Waals surface area contributed by atoms with Gasteiger partial charge >= 0.3 is 0 Å². The minimum Gasteiger partial charge on any atom is -0.497 e. The maximum absolute atomic E-state index is 12.5. The molecule has 2 aromatic rings. The van der Waals surface area contributed by atoms with Gasteiger partial charge in [-0.05, 0) is 43.1 Å². The highest BCUT2D eigenvalue weighted by atomic mass is 16.5. The number of rotatable bonds is 10. The van der Waals surface area contributed by atoms with Crippen LogP contribution >= 0.6 is 0 Å². The van der Waals surface area contributed by atoms with Gasteiger partial charge < -0.3 is 24.3 Å². The smallest absolute Gasteiger partial charge is 0.220 e. The van der Waals surface area contributed by atoms with E-state index in [1.54, 1.807) is 21.3 Å². The Bertz CT molecular complexity index is 1000. The second-order valence-corrected chi connectivity index (χ2v) is 9.38. The summed E-state index contributed by atoms with van der Waals surface area (Å²) in [6, 6.07) is 14.4. The van der Waals surface area contributed by atoms with E-state index in [1.807, 2.05) is 19.1 Å². The van der Waals surface area contributed by atoms with Gasteiger partial charge in [0.25, 0.3) is 0 Å². The maximum Gasteiger partial charge on any atom is 0.220 e. The summed E-state index contributed by atoms with van der Waals surface area (Å²) in [5.41, 5.74) is 3.50. The maximum atomic E-state index is 12.5. The van der Waals surface area contributed by atoms with E-state index in [1.165, 1.54) is 11.1 Å². The van der Waals surface area contributed by atoms with Crippen LogP contribution in [0.4, 0.5) is 0 Å². The molecular weight excluding hydrogens is 444 g/mol. The molecule has 1 N–H and O–H groups in total. The van der Waals surface area contributed by atoms with Crippen molar-refractivity contribution in [3.05, 3.63) is 59.2 Å². The van der Waals surface area contributed by atoms with Gasteiger partial charge in [0, 0.05) is 37.1 Å². The summed E-state index contributed by atoms with van der Waals surface area (Å²) < 4.78 is 22.7. The molecule has 4 rings (SSSR count). The molecule has 0 bridgehead atoms. The van der Waals surface area contributed by atoms with Gasteiger partial charge in [0.2, 0.25) is 5.91 Å². The van der Waals surface area contributed by atoms with Gasteiger partial charge in [0.05, 0.1) is 39.6 Å². The Morgan fingerprint density at radius 1 is 1.06 bits per heavy atom. The molecular formula is C28H38N2O5. The molecule has 2 aromatic carbocycles. The molecule has 1 spiro atoms. The summed E-state index contributed by atoms with van der Waals surface area (Å²) in [5, 5.41) is 3.26. The number of hydrogen-bond acceptors (Lipinski definition) is 6. The van der Waals surface area contributed by atoms with Gasteiger partial charge in [-0.1, -0.05) is 37.3 Å². The van der Waals surface area contributed by atoms with Crippen LogP contribution in [0, 0.1) is 0 Å². The lowest BCUT2D eigenvalue weighted by Gasteiger charge is -2.44. The summed E-state index contributed by atoms with van der Waals surface area (Å²) in [6.45, 7) is 5.60. The van der Waals surface area contributed by atoms with Crippen molar-refractivity contribution in [2.75, 3.05) is 47.6 Å². The van der Waals surface area contributed by atoms with Crippen LogP contribution in [-0.4, -0.2) is 64.5 Å². The molecule has 0 aromatic heterocycles. The molecule has 1 aliphatic carbocycles. The number of hydrogen-bond donors (Lipinski definition) is 1. The predicted molar refractivity (Wildman–Crippen MR) is 135 cm³/mol. The van der Waals surface area contributed by atoms with Crippen LogP contribution < -0.4 is 14.8 Å². The van der Waals surface area contributed by atoms with Crippen molar-refractivity contribution in [2.45, 2.75) is 50.3 Å². The van der Waals surface area contributed by atoms with E-state index in [2.05, 4.69) is 40.5 Å². The standard InChI is InChI=1S/C28H38N2O5/c1-5-25(31)29-26-22-8-6-7-9-23(22)28(27(26)35-17-16-32-2)12-14-30(15-13-28)19-20-10-11-21(33-3)18-24(20)34-4/h6-11,18,26-27H,5,12-17,19H2,1-4H3,(H,29,31)/t26-,27+/m0/s1. The van der Waals surface area contributed by atoms with E-state index in [4.69, 9.17) is 18.9 Å². The number of methoxy groups -OCH3 is 3. The van der Waals surface area contributed by atoms with Crippen molar-refractivity contribution in [3.63, 3.8) is 0 Å². The topological polar surface area (TPSA) is 69.3 Å². The number of carbonyl (C=O) groups excluding carboxylic acids is 1. The molecule has 2 aliphatic rings. The fourth-order valence-corrected chi connectivity index (χ4v) is 5.69. The molecule has 0 saturated carbocycles. The van der Waals surface area contributed by atoms with Crippen LogP contribution in [0.15, 0.2) is 42.5 Å². The third-order valence-electron chi connectivity index (χ3n) is 7.54. The molecule has 1 saturated heterocycles. The van der Waals surface area contributed by atoms with Gasteiger partial charge in [0.1, 0.15) is 11.5 Å². The molecule has 1 heterocycles. The first kappa shape index (κ1) is 25.5. The lowest BCUT2D eigenvalue weighted by Crippen LogP contribution is -2.51. The van der Waals surface area contributed by atoms with E-state index >= 15 is 0 Å². The number of nitrogens with one attached hydrogen (secondary N) is 1. The van der Waals surface area contributed by atoms with E-state index < -0.39 is 0 Å². The van der Waals surface area contributed by atoms with Gasteiger partial charge in [-0.25, -0.2) is 0 Å². The zero-order valence-corrected chi connectivity index (χ0v) is 21.3. The summed E-state index contributed by atoms with van der Waals surface area (Å²) in [7, 11) is 5.05. The van der Waals surface area contributed by atoms with Crippen LogP contribution in [0.5, 0.6) is 11.5 Å². The Morgan fingerprint density at radius 2 is 1.83 bits per heavy atom. The summed E-state index contributed by atoms with van der Waals surface area (Å²) >= 11 is 0. The van der Waals surface area contributed by atoms with Crippen molar-refractivity contribution < 1.29 is 23.7 Å². The highest BCUT2D eigenvalue weighted by Gasteiger charge is 2.54. The average Bonchev–Trinajstić information content (AvgIpc) is 3.14. The molecule has 1 amide bonds. The van der Waals surface area contributed by atoms with Crippen LogP contribution in [-0.2, 0) is 26.2 Å². The van der Waals surface area contributed by atoms with Gasteiger partial charge in [0.15, 0.2) is 0 Å². The second-order valence-electron chi connectivity index (χ2n) is 9.38. The van der Waals surface area contributed by atoms with Crippen molar-refractivity contribution in [3.8, 4) is 11.5 Å². The largest absolute Gasteiger partial charge is 0.497 e. The van der Waals surface area contributed by atoms with E-state index in [9.17, 15) is 4.79 Å². The number of benzene rings is 2. The normalized spacial score (nSPS) is 21.0. The quantitative estimate of drug-likeness (QED) is 0.519. The lowest BCUT2D eigenvalue weighted by molar-refractivity contribution is -0.124. The minimum absolute atomic E-state index is 0.0474. The average molecular weight is 483 g/mol. The SMILES string of the molecule is CCC(=O)N[C@H]1c2ccccc2C2(CCN(Cc3ccc(OC)cc3OC)CC2)[C@@H]1OCCOC. The first-order valence-electron chi connectivity index (χ1n) is 12.5. The molecule has 7 nitrogen and oxygen atoms in total. The minimum atomic E-state index is -0.149. The molecule has 1 aliphatic heterocycles. The van der Waals surface area contributed by atoms with E-state index in [-0.39, 0.29) is 23.5 Å². The highest BCUT2D eigenvalue weighted by molar-refractivity contribution is 5.76. The van der Waals surface area contributed by atoms with Crippen molar-refractivity contribution in [1.29, 1.82) is 0 Å². The predicted octanol–water partition coefficient (Wildman–Crippen LogP) is 3.85. The van der Waals surface area contributed by atoms with Crippen LogP contribution in [0.3, 0.4) is 0 Å². The van der Waals surface area contributed by atoms with E-state index in [0.717, 1.165) is 49.5 Å². The monoisotopic (exact) mass is 482 g/mol. The van der Waals surface area contributed by atoms with Crippen molar-refractivity contribution >= 4 is 5.91 Å². The molecule has 2 atom stereocenters. The first-order valence-corrected chi connectivity index (χ1v) is 12.5. The fraction of sp³-hybridized carbons (Fsp3) is 0.536.